The fourth-order valence-electron chi connectivity index (χ4n) is 1.46. The Balaban J connectivity index is 2.21. The number of thioether (sulfide) groups is 1. The highest BCUT2D eigenvalue weighted by molar-refractivity contribution is 9.10. The van der Waals surface area contributed by atoms with Gasteiger partial charge in [0.25, 0.3) is 0 Å². The molecule has 1 aliphatic rings. The average molecular weight is 284 g/mol. The fourth-order valence-corrected chi connectivity index (χ4v) is 3.25. The Morgan fingerprint density at radius 3 is 2.53 bits per heavy atom. The van der Waals surface area contributed by atoms with Crippen LogP contribution < -0.4 is 0 Å². The van der Waals surface area contributed by atoms with Gasteiger partial charge in [-0.05, 0) is 13.8 Å². The zero-order valence-electron chi connectivity index (χ0n) is 8.90. The third kappa shape index (κ3) is 2.64. The van der Waals surface area contributed by atoms with E-state index in [1.165, 1.54) is 10.6 Å². The molecule has 0 radical (unpaired) electrons. The van der Waals surface area contributed by atoms with E-state index in [9.17, 15) is 0 Å². The molecule has 0 saturated heterocycles. The Hall–Kier alpha value is -0.280. The second kappa shape index (κ2) is 4.30. The summed E-state index contributed by atoms with van der Waals surface area (Å²) in [7, 11) is 0. The first kappa shape index (κ1) is 11.2. The number of nitrogens with zero attached hydrogens (tertiary/aromatic N) is 1. The summed E-state index contributed by atoms with van der Waals surface area (Å²) in [5.41, 5.74) is 1.24. The van der Waals surface area contributed by atoms with E-state index in [0.29, 0.717) is 6.04 Å². The molecular weight excluding hydrogens is 270 g/mol. The molecule has 0 aromatic heterocycles. The van der Waals surface area contributed by atoms with Crippen LogP contribution in [0.3, 0.4) is 0 Å². The van der Waals surface area contributed by atoms with Crippen molar-refractivity contribution in [3.63, 3.8) is 0 Å². The van der Waals surface area contributed by atoms with Crippen LogP contribution in [0.2, 0.25) is 0 Å². The number of halogens is 1. The molecule has 2 rings (SSSR count). The second-order valence-corrected chi connectivity index (χ2v) is 7.24. The largest absolute Gasteiger partial charge is 0.272 e. The van der Waals surface area contributed by atoms with Gasteiger partial charge >= 0.3 is 0 Å². The first-order chi connectivity index (χ1) is 7.07. The zero-order valence-corrected chi connectivity index (χ0v) is 11.3. The van der Waals surface area contributed by atoms with E-state index in [-0.39, 0.29) is 4.32 Å². The molecule has 0 saturated carbocycles. The molecule has 3 heteroatoms. The summed E-state index contributed by atoms with van der Waals surface area (Å²) in [5.74, 6) is 1.07. The Labute approximate surface area is 104 Å². The molecule has 1 aromatic carbocycles. The van der Waals surface area contributed by atoms with Crippen LogP contribution >= 0.6 is 27.7 Å². The van der Waals surface area contributed by atoms with Crippen LogP contribution in [0.15, 0.2) is 35.3 Å². The van der Waals surface area contributed by atoms with E-state index in [1.54, 1.807) is 0 Å². The van der Waals surface area contributed by atoms with Gasteiger partial charge in [0.05, 0.1) is 11.1 Å². The second-order valence-electron chi connectivity index (χ2n) is 4.19. The van der Waals surface area contributed by atoms with E-state index in [0.717, 1.165) is 5.75 Å². The molecule has 0 amide bonds. The summed E-state index contributed by atoms with van der Waals surface area (Å²) in [6.45, 7) is 4.35. The van der Waals surface area contributed by atoms with Crippen LogP contribution in [-0.2, 0) is 0 Å². The van der Waals surface area contributed by atoms with Gasteiger partial charge in [0.2, 0.25) is 0 Å². The lowest BCUT2D eigenvalue weighted by atomic mass is 10.1. The van der Waals surface area contributed by atoms with Gasteiger partial charge in [-0.15, -0.1) is 11.8 Å². The van der Waals surface area contributed by atoms with Crippen molar-refractivity contribution >= 4 is 32.7 Å². The topological polar surface area (TPSA) is 12.4 Å². The van der Waals surface area contributed by atoms with Crippen molar-refractivity contribution in [2.45, 2.75) is 24.2 Å². The van der Waals surface area contributed by atoms with Gasteiger partial charge in [-0.2, -0.15) is 0 Å². The fraction of sp³-hybridized carbons (Fsp3) is 0.417. The van der Waals surface area contributed by atoms with Gasteiger partial charge in [0.15, 0.2) is 0 Å². The molecule has 1 heterocycles. The minimum Gasteiger partial charge on any atom is -0.272 e. The third-order valence-corrected chi connectivity index (χ3v) is 4.09. The van der Waals surface area contributed by atoms with Crippen molar-refractivity contribution in [1.82, 2.24) is 0 Å². The van der Waals surface area contributed by atoms with E-state index < -0.39 is 0 Å². The van der Waals surface area contributed by atoms with Crippen LogP contribution in [0, 0.1) is 0 Å². The Morgan fingerprint density at radius 2 is 2.00 bits per heavy atom. The molecule has 0 bridgehead atoms. The summed E-state index contributed by atoms with van der Waals surface area (Å²) in [6, 6.07) is 10.8. The van der Waals surface area contributed by atoms with Gasteiger partial charge in [-0.25, -0.2) is 0 Å². The molecule has 0 unspecified atom stereocenters. The van der Waals surface area contributed by atoms with Crippen LogP contribution in [0.25, 0.3) is 0 Å². The summed E-state index contributed by atoms with van der Waals surface area (Å²) in [5, 5.41) is 1.17. The lowest BCUT2D eigenvalue weighted by molar-refractivity contribution is 0.606. The maximum atomic E-state index is 4.76. The van der Waals surface area contributed by atoms with E-state index in [4.69, 9.17) is 4.99 Å². The highest BCUT2D eigenvalue weighted by atomic mass is 79.9. The molecule has 1 nitrogen and oxygen atoms in total. The number of alkyl halides is 1. The molecule has 0 N–H and O–H groups in total. The van der Waals surface area contributed by atoms with Gasteiger partial charge in [0, 0.05) is 15.6 Å². The van der Waals surface area contributed by atoms with Crippen LogP contribution in [0.4, 0.5) is 0 Å². The smallest absolute Gasteiger partial charge is 0.0981 e. The molecule has 15 heavy (non-hydrogen) atoms. The minimum absolute atomic E-state index is 0.0938. The lowest BCUT2D eigenvalue weighted by Crippen LogP contribution is -2.28. The standard InChI is InChI=1S/C12H14BrNS/c1-12(2,13)10-8-15-11(14-10)9-6-4-3-5-7-9/h3-7,10H,8H2,1-2H3/t10-/m0/s1. The monoisotopic (exact) mass is 283 g/mol. The Kier molecular flexibility index (Phi) is 3.21. The van der Waals surface area contributed by atoms with Gasteiger partial charge in [0.1, 0.15) is 0 Å². The summed E-state index contributed by atoms with van der Waals surface area (Å²) in [6.07, 6.45) is 0. The quantitative estimate of drug-likeness (QED) is 0.754. The molecular formula is C12H14BrNS. The maximum Gasteiger partial charge on any atom is 0.0981 e. The molecule has 1 atom stereocenters. The SMILES string of the molecule is CC(C)(Br)[C@@H]1CSC(c2ccccc2)=N1. The minimum atomic E-state index is 0.0938. The maximum absolute atomic E-state index is 4.76. The Bertz CT molecular complexity index is 367. The first-order valence-electron chi connectivity index (χ1n) is 5.02. The van der Waals surface area contributed by atoms with Crippen LogP contribution in [-0.4, -0.2) is 21.2 Å². The highest BCUT2D eigenvalue weighted by Gasteiger charge is 2.31. The third-order valence-electron chi connectivity index (χ3n) is 2.46. The molecule has 1 aliphatic heterocycles. The summed E-state index contributed by atoms with van der Waals surface area (Å²) >= 11 is 5.54. The van der Waals surface area contributed by atoms with Crippen molar-refractivity contribution < 1.29 is 0 Å². The highest BCUT2D eigenvalue weighted by Crippen LogP contribution is 2.33. The molecule has 1 aromatic rings. The normalized spacial score (nSPS) is 21.5. The van der Waals surface area contributed by atoms with Gasteiger partial charge in [-0.1, -0.05) is 46.3 Å². The number of hydrogen-bond acceptors (Lipinski definition) is 2. The van der Waals surface area contributed by atoms with Crippen molar-refractivity contribution in [1.29, 1.82) is 0 Å². The molecule has 0 aliphatic carbocycles. The van der Waals surface area contributed by atoms with Crippen LogP contribution in [0.5, 0.6) is 0 Å². The van der Waals surface area contributed by atoms with Crippen molar-refractivity contribution in [3.05, 3.63) is 35.9 Å². The number of hydrogen-bond donors (Lipinski definition) is 0. The number of rotatable bonds is 2. The van der Waals surface area contributed by atoms with Crippen molar-refractivity contribution in [2.75, 3.05) is 5.75 Å². The Morgan fingerprint density at radius 1 is 1.33 bits per heavy atom. The van der Waals surface area contributed by atoms with E-state index in [1.807, 2.05) is 17.8 Å². The van der Waals surface area contributed by atoms with E-state index >= 15 is 0 Å². The zero-order chi connectivity index (χ0) is 10.9. The molecule has 0 fully saturated rings. The predicted octanol–water partition coefficient (Wildman–Crippen LogP) is 3.72. The number of benzene rings is 1. The first-order valence-corrected chi connectivity index (χ1v) is 6.80. The lowest BCUT2D eigenvalue weighted by Gasteiger charge is -2.20. The van der Waals surface area contributed by atoms with Crippen molar-refractivity contribution in [2.24, 2.45) is 4.99 Å². The van der Waals surface area contributed by atoms with Crippen LogP contribution in [0.1, 0.15) is 19.4 Å². The average Bonchev–Trinajstić information content (AvgIpc) is 2.67. The predicted molar refractivity (Wildman–Crippen MR) is 72.2 cm³/mol. The van der Waals surface area contributed by atoms with Gasteiger partial charge in [-0.3, -0.25) is 4.99 Å². The molecule has 80 valence electrons. The van der Waals surface area contributed by atoms with Gasteiger partial charge < -0.3 is 0 Å². The van der Waals surface area contributed by atoms with Crippen molar-refractivity contribution in [3.8, 4) is 0 Å². The molecule has 0 spiro atoms. The number of aliphatic imine (C=N–C) groups is 1. The summed E-state index contributed by atoms with van der Waals surface area (Å²) in [4.78, 5) is 4.76. The van der Waals surface area contributed by atoms with E-state index in [2.05, 4.69) is 54.0 Å². The summed E-state index contributed by atoms with van der Waals surface area (Å²) < 4.78 is 0.0938.